The van der Waals surface area contributed by atoms with Gasteiger partial charge in [-0.15, -0.1) is 11.3 Å². The zero-order valence-electron chi connectivity index (χ0n) is 17.4. The number of carbonyl (C=O) groups is 1. The smallest absolute Gasteiger partial charge is 0.297 e. The van der Waals surface area contributed by atoms with Crippen molar-refractivity contribution in [1.29, 1.82) is 0 Å². The minimum atomic E-state index is -0.665. The van der Waals surface area contributed by atoms with E-state index in [-0.39, 0.29) is 17.1 Å². The zero-order chi connectivity index (χ0) is 22.2. The number of hydrogen-bond acceptors (Lipinski definition) is 6. The third-order valence-electron chi connectivity index (χ3n) is 5.51. The second-order valence-corrected chi connectivity index (χ2v) is 8.30. The Labute approximate surface area is 188 Å². The second-order valence-electron chi connectivity index (χ2n) is 7.42. The first kappa shape index (κ1) is 20.2. The summed E-state index contributed by atoms with van der Waals surface area (Å²) in [6, 6.07) is 12.2. The lowest BCUT2D eigenvalue weighted by Crippen LogP contribution is -2.29. The molecule has 1 amide bonds. The Hall–Kier alpha value is -3.71. The minimum absolute atomic E-state index is 0.0596. The second kappa shape index (κ2) is 8.09. The highest BCUT2D eigenvalue weighted by Gasteiger charge is 2.44. The van der Waals surface area contributed by atoms with Gasteiger partial charge >= 0.3 is 0 Å². The van der Waals surface area contributed by atoms with Crippen molar-refractivity contribution in [3.05, 3.63) is 99.4 Å². The molecule has 2 aromatic carbocycles. The van der Waals surface area contributed by atoms with Crippen molar-refractivity contribution in [3.63, 3.8) is 0 Å². The Morgan fingerprint density at radius 3 is 2.88 bits per heavy atom. The fourth-order valence-electron chi connectivity index (χ4n) is 4.02. The molecule has 0 spiro atoms. The molecular weight excluding hydrogens is 424 g/mol. The van der Waals surface area contributed by atoms with E-state index in [9.17, 15) is 9.59 Å². The number of ether oxygens (including phenoxy) is 1. The molecule has 1 aliphatic heterocycles. The van der Waals surface area contributed by atoms with Crippen LogP contribution in [0.5, 0.6) is 5.75 Å². The Bertz CT molecular complexity index is 1390. The van der Waals surface area contributed by atoms with Crippen LogP contribution in [0.15, 0.2) is 75.9 Å². The van der Waals surface area contributed by atoms with E-state index in [0.717, 1.165) is 17.5 Å². The summed E-state index contributed by atoms with van der Waals surface area (Å²) in [6.07, 6.45) is 4.09. The van der Waals surface area contributed by atoms with Crippen LogP contribution >= 0.6 is 11.3 Å². The van der Waals surface area contributed by atoms with Crippen LogP contribution < -0.4 is 15.1 Å². The van der Waals surface area contributed by atoms with E-state index in [1.165, 1.54) is 16.2 Å². The van der Waals surface area contributed by atoms with Crippen molar-refractivity contribution in [2.24, 2.45) is 0 Å². The summed E-state index contributed by atoms with van der Waals surface area (Å²) >= 11 is 1.33. The molecular formula is C25H20N2O4S. The lowest BCUT2D eigenvalue weighted by Gasteiger charge is -2.23. The molecule has 32 heavy (non-hydrogen) atoms. The van der Waals surface area contributed by atoms with Gasteiger partial charge < -0.3 is 9.15 Å². The molecule has 0 fully saturated rings. The monoisotopic (exact) mass is 444 g/mol. The number of thiazole rings is 1. The SMILES string of the molecule is C=CCOc1cccc(C2c3c(oc4ccc(CC)cc4c3=O)C(=O)N2c2nccs2)c1. The van der Waals surface area contributed by atoms with E-state index in [1.807, 2.05) is 43.3 Å². The fraction of sp³-hybridized carbons (Fsp3) is 0.160. The van der Waals surface area contributed by atoms with Gasteiger partial charge in [0.05, 0.1) is 17.0 Å². The number of aryl methyl sites for hydroxylation is 1. The van der Waals surface area contributed by atoms with Crippen LogP contribution in [0.3, 0.4) is 0 Å². The minimum Gasteiger partial charge on any atom is -0.490 e. The number of carbonyl (C=O) groups excluding carboxylic acids is 1. The van der Waals surface area contributed by atoms with Crippen LogP contribution in [0.25, 0.3) is 11.0 Å². The molecule has 4 aromatic rings. The summed E-state index contributed by atoms with van der Waals surface area (Å²) in [5, 5.41) is 2.77. The summed E-state index contributed by atoms with van der Waals surface area (Å²) < 4.78 is 11.7. The van der Waals surface area contributed by atoms with Gasteiger partial charge in [-0.2, -0.15) is 0 Å². The number of anilines is 1. The Morgan fingerprint density at radius 1 is 1.25 bits per heavy atom. The van der Waals surface area contributed by atoms with E-state index >= 15 is 0 Å². The first-order chi connectivity index (χ1) is 15.6. The average molecular weight is 445 g/mol. The molecule has 1 atom stereocenters. The van der Waals surface area contributed by atoms with Crippen molar-refractivity contribution in [3.8, 4) is 5.75 Å². The Kier molecular flexibility index (Phi) is 5.11. The van der Waals surface area contributed by atoms with E-state index in [1.54, 1.807) is 23.7 Å². The van der Waals surface area contributed by atoms with Crippen molar-refractivity contribution in [2.75, 3.05) is 11.5 Å². The third-order valence-corrected chi connectivity index (χ3v) is 6.28. The van der Waals surface area contributed by atoms with Gasteiger partial charge in [0.25, 0.3) is 5.91 Å². The van der Waals surface area contributed by atoms with Gasteiger partial charge in [-0.25, -0.2) is 4.98 Å². The normalized spacial score (nSPS) is 15.2. The summed E-state index contributed by atoms with van der Waals surface area (Å²) in [7, 11) is 0. The Balaban J connectivity index is 1.76. The number of benzene rings is 2. The average Bonchev–Trinajstić information content (AvgIpc) is 3.44. The first-order valence-corrected chi connectivity index (χ1v) is 11.2. The number of fused-ring (bicyclic) bond motifs is 2. The molecule has 0 N–H and O–H groups in total. The number of nitrogens with zero attached hydrogens (tertiary/aromatic N) is 2. The molecule has 0 saturated heterocycles. The lowest BCUT2D eigenvalue weighted by molar-refractivity contribution is 0.0971. The Morgan fingerprint density at radius 2 is 2.12 bits per heavy atom. The number of aromatic nitrogens is 1. The molecule has 7 heteroatoms. The topological polar surface area (TPSA) is 72.6 Å². The number of hydrogen-bond donors (Lipinski definition) is 0. The fourth-order valence-corrected chi connectivity index (χ4v) is 4.68. The summed E-state index contributed by atoms with van der Waals surface area (Å²) in [6.45, 7) is 6.06. The van der Waals surface area contributed by atoms with Crippen molar-refractivity contribution in [1.82, 2.24) is 4.98 Å². The summed E-state index contributed by atoms with van der Waals surface area (Å²) in [5.41, 5.74) is 2.30. The molecule has 0 bridgehead atoms. The maximum Gasteiger partial charge on any atom is 0.297 e. The molecule has 0 radical (unpaired) electrons. The molecule has 2 aromatic heterocycles. The van der Waals surface area contributed by atoms with E-state index in [0.29, 0.717) is 34.0 Å². The van der Waals surface area contributed by atoms with Crippen LogP contribution in [-0.4, -0.2) is 17.5 Å². The van der Waals surface area contributed by atoms with Gasteiger partial charge in [-0.3, -0.25) is 14.5 Å². The first-order valence-electron chi connectivity index (χ1n) is 10.3. The van der Waals surface area contributed by atoms with Crippen LogP contribution in [0.2, 0.25) is 0 Å². The molecule has 3 heterocycles. The van der Waals surface area contributed by atoms with Gasteiger partial charge in [0.1, 0.15) is 17.9 Å². The molecule has 1 aliphatic rings. The highest BCUT2D eigenvalue weighted by atomic mass is 32.1. The zero-order valence-corrected chi connectivity index (χ0v) is 18.2. The van der Waals surface area contributed by atoms with Crippen LogP contribution in [0.4, 0.5) is 5.13 Å². The van der Waals surface area contributed by atoms with Crippen LogP contribution in [-0.2, 0) is 6.42 Å². The van der Waals surface area contributed by atoms with E-state index < -0.39 is 6.04 Å². The highest BCUT2D eigenvalue weighted by Crippen LogP contribution is 2.42. The van der Waals surface area contributed by atoms with Crippen molar-refractivity contribution < 1.29 is 13.9 Å². The summed E-state index contributed by atoms with van der Waals surface area (Å²) in [4.78, 5) is 33.0. The van der Waals surface area contributed by atoms with Crippen molar-refractivity contribution in [2.45, 2.75) is 19.4 Å². The van der Waals surface area contributed by atoms with Gasteiger partial charge in [-0.1, -0.05) is 37.8 Å². The van der Waals surface area contributed by atoms with Crippen molar-refractivity contribution >= 4 is 33.3 Å². The molecule has 5 rings (SSSR count). The maximum absolute atomic E-state index is 13.7. The molecule has 1 unspecified atom stereocenters. The number of rotatable bonds is 6. The van der Waals surface area contributed by atoms with Crippen LogP contribution in [0, 0.1) is 0 Å². The maximum atomic E-state index is 13.7. The van der Waals surface area contributed by atoms with E-state index in [4.69, 9.17) is 9.15 Å². The van der Waals surface area contributed by atoms with E-state index in [2.05, 4.69) is 11.6 Å². The lowest BCUT2D eigenvalue weighted by atomic mass is 9.98. The number of amides is 1. The quantitative estimate of drug-likeness (QED) is 0.386. The van der Waals surface area contributed by atoms with Gasteiger partial charge in [-0.05, 0) is 41.8 Å². The molecule has 160 valence electrons. The molecule has 0 aliphatic carbocycles. The molecule has 6 nitrogen and oxygen atoms in total. The predicted octanol–water partition coefficient (Wildman–Crippen LogP) is 5.13. The highest BCUT2D eigenvalue weighted by molar-refractivity contribution is 7.13. The summed E-state index contributed by atoms with van der Waals surface area (Å²) in [5.74, 6) is 0.307. The van der Waals surface area contributed by atoms with Gasteiger partial charge in [0, 0.05) is 11.6 Å². The molecule has 0 saturated carbocycles. The predicted molar refractivity (Wildman–Crippen MR) is 125 cm³/mol. The van der Waals surface area contributed by atoms with Gasteiger partial charge in [0.2, 0.25) is 5.76 Å². The van der Waals surface area contributed by atoms with Crippen LogP contribution in [0.1, 0.15) is 40.2 Å². The van der Waals surface area contributed by atoms with Gasteiger partial charge in [0.15, 0.2) is 10.6 Å². The third kappa shape index (κ3) is 3.22. The standard InChI is InChI=1S/C25H20N2O4S/c1-3-11-30-17-7-5-6-16(14-17)21-20-22(28)18-13-15(4-2)8-9-19(18)31-23(20)24(29)27(21)25-26-10-12-32-25/h3,5-10,12-14,21H,1,4,11H2,2H3. The largest absolute Gasteiger partial charge is 0.490 e.